The monoisotopic (exact) mass is 454 g/mol. The molecular weight excluding hydrogens is 438 g/mol. The van der Waals surface area contributed by atoms with Gasteiger partial charge in [-0.1, -0.05) is 35.9 Å². The SMILES string of the molecule is CSc1ccc(-c2cnn(-c3ccc(F)c(Cl)c3)c(=O)c2Cc2cccc(F)c2)cc1. The van der Waals surface area contributed by atoms with Crippen LogP contribution in [0, 0.1) is 11.6 Å². The normalized spacial score (nSPS) is 11.0. The van der Waals surface area contributed by atoms with E-state index in [1.54, 1.807) is 30.1 Å². The van der Waals surface area contributed by atoms with E-state index in [1.807, 2.05) is 30.5 Å². The molecule has 3 nitrogen and oxygen atoms in total. The fourth-order valence-corrected chi connectivity index (χ4v) is 3.91. The van der Waals surface area contributed by atoms with Crippen LogP contribution in [0.25, 0.3) is 16.8 Å². The highest BCUT2D eigenvalue weighted by molar-refractivity contribution is 7.98. The molecule has 31 heavy (non-hydrogen) atoms. The Balaban J connectivity index is 1.88. The summed E-state index contributed by atoms with van der Waals surface area (Å²) in [6, 6.07) is 17.9. The second-order valence-electron chi connectivity index (χ2n) is 6.89. The summed E-state index contributed by atoms with van der Waals surface area (Å²) >= 11 is 7.52. The summed E-state index contributed by atoms with van der Waals surface area (Å²) in [4.78, 5) is 14.5. The van der Waals surface area contributed by atoms with E-state index in [4.69, 9.17) is 11.6 Å². The van der Waals surface area contributed by atoms with Crippen LogP contribution in [0.1, 0.15) is 11.1 Å². The Morgan fingerprint density at radius 2 is 1.81 bits per heavy atom. The zero-order valence-corrected chi connectivity index (χ0v) is 18.1. The molecule has 4 aromatic rings. The number of aromatic nitrogens is 2. The van der Waals surface area contributed by atoms with Crippen molar-refractivity contribution in [2.75, 3.05) is 6.26 Å². The molecule has 0 aliphatic heterocycles. The average Bonchev–Trinajstić information content (AvgIpc) is 2.77. The zero-order valence-electron chi connectivity index (χ0n) is 16.5. The number of hydrogen-bond donors (Lipinski definition) is 0. The third-order valence-corrected chi connectivity index (χ3v) is 5.93. The molecule has 156 valence electrons. The predicted molar refractivity (Wildman–Crippen MR) is 121 cm³/mol. The summed E-state index contributed by atoms with van der Waals surface area (Å²) < 4.78 is 28.5. The molecule has 0 aliphatic carbocycles. The molecule has 0 amide bonds. The largest absolute Gasteiger partial charge is 0.275 e. The van der Waals surface area contributed by atoms with E-state index in [0.29, 0.717) is 22.4 Å². The van der Waals surface area contributed by atoms with E-state index in [0.717, 1.165) is 10.5 Å². The van der Waals surface area contributed by atoms with Crippen molar-refractivity contribution in [2.45, 2.75) is 11.3 Å². The minimum absolute atomic E-state index is 0.102. The Labute approximate surface area is 187 Å². The van der Waals surface area contributed by atoms with Crippen LogP contribution < -0.4 is 5.56 Å². The number of rotatable bonds is 5. The molecule has 0 atom stereocenters. The Hall–Kier alpha value is -2.96. The van der Waals surface area contributed by atoms with E-state index < -0.39 is 5.82 Å². The van der Waals surface area contributed by atoms with Gasteiger partial charge >= 0.3 is 0 Å². The molecule has 0 saturated heterocycles. The molecule has 0 radical (unpaired) electrons. The first-order valence-electron chi connectivity index (χ1n) is 9.42. The molecule has 0 bridgehead atoms. The number of halogens is 3. The highest BCUT2D eigenvalue weighted by Gasteiger charge is 2.16. The van der Waals surface area contributed by atoms with Crippen LogP contribution in [0.4, 0.5) is 8.78 Å². The standard InChI is InChI=1S/C24H17ClF2N2OS/c1-31-19-8-5-16(6-9-19)21-14-28-29(18-7-10-23(27)22(25)13-18)24(30)20(21)12-15-3-2-4-17(26)11-15/h2-11,13-14H,12H2,1H3. The van der Waals surface area contributed by atoms with Gasteiger partial charge in [-0.15, -0.1) is 11.8 Å². The van der Waals surface area contributed by atoms with Crippen LogP contribution in [0.3, 0.4) is 0 Å². The maximum atomic E-state index is 13.8. The maximum absolute atomic E-state index is 13.8. The second-order valence-corrected chi connectivity index (χ2v) is 8.17. The van der Waals surface area contributed by atoms with Crippen LogP contribution in [0.2, 0.25) is 5.02 Å². The lowest BCUT2D eigenvalue weighted by atomic mass is 9.97. The van der Waals surface area contributed by atoms with Crippen LogP contribution in [0.15, 0.2) is 82.6 Å². The number of hydrogen-bond acceptors (Lipinski definition) is 3. The van der Waals surface area contributed by atoms with Crippen molar-refractivity contribution in [1.82, 2.24) is 9.78 Å². The zero-order chi connectivity index (χ0) is 22.0. The molecular formula is C24H17ClF2N2OS. The number of thioether (sulfide) groups is 1. The van der Waals surface area contributed by atoms with Gasteiger partial charge in [-0.2, -0.15) is 9.78 Å². The smallest absolute Gasteiger partial charge is 0.267 e. The fourth-order valence-electron chi connectivity index (χ4n) is 3.33. The summed E-state index contributed by atoms with van der Waals surface area (Å²) in [5, 5.41) is 4.20. The van der Waals surface area contributed by atoms with Crippen molar-refractivity contribution in [2.24, 2.45) is 0 Å². The fraction of sp³-hybridized carbons (Fsp3) is 0.0833. The highest BCUT2D eigenvalue weighted by Crippen LogP contribution is 2.26. The lowest BCUT2D eigenvalue weighted by Gasteiger charge is -2.13. The first-order valence-corrected chi connectivity index (χ1v) is 11.0. The van der Waals surface area contributed by atoms with Gasteiger partial charge in [-0.05, 0) is 59.8 Å². The molecule has 0 unspecified atom stereocenters. The summed E-state index contributed by atoms with van der Waals surface area (Å²) in [6.45, 7) is 0. The third kappa shape index (κ3) is 4.55. The molecule has 0 spiro atoms. The minimum atomic E-state index is -0.580. The topological polar surface area (TPSA) is 34.9 Å². The molecule has 4 rings (SSSR count). The Morgan fingerprint density at radius 3 is 2.48 bits per heavy atom. The lowest BCUT2D eigenvalue weighted by Crippen LogP contribution is -2.26. The summed E-state index contributed by atoms with van der Waals surface area (Å²) in [5.41, 5.74) is 2.58. The van der Waals surface area contributed by atoms with Crippen molar-refractivity contribution in [1.29, 1.82) is 0 Å². The Bertz CT molecular complexity index is 1310. The first kappa shape index (κ1) is 21.3. The molecule has 0 saturated carbocycles. The van der Waals surface area contributed by atoms with Crippen molar-refractivity contribution in [3.63, 3.8) is 0 Å². The quantitative estimate of drug-likeness (QED) is 0.339. The molecule has 7 heteroatoms. The minimum Gasteiger partial charge on any atom is -0.267 e. The first-order chi connectivity index (χ1) is 15.0. The average molecular weight is 455 g/mol. The van der Waals surface area contributed by atoms with Crippen molar-refractivity contribution < 1.29 is 8.78 Å². The van der Waals surface area contributed by atoms with Gasteiger partial charge in [-0.3, -0.25) is 4.79 Å². The number of benzene rings is 3. The third-order valence-electron chi connectivity index (χ3n) is 4.90. The molecule has 1 heterocycles. The summed E-state index contributed by atoms with van der Waals surface area (Å²) in [6.07, 6.45) is 3.80. The van der Waals surface area contributed by atoms with Gasteiger partial charge < -0.3 is 0 Å². The number of nitrogens with zero attached hydrogens (tertiary/aromatic N) is 2. The molecule has 0 fully saturated rings. The van der Waals surface area contributed by atoms with Crippen molar-refractivity contribution >= 4 is 23.4 Å². The van der Waals surface area contributed by atoms with Crippen LogP contribution in [-0.2, 0) is 6.42 Å². The van der Waals surface area contributed by atoms with Crippen LogP contribution in [-0.4, -0.2) is 16.0 Å². The molecule has 3 aromatic carbocycles. The van der Waals surface area contributed by atoms with Gasteiger partial charge in [-0.25, -0.2) is 8.78 Å². The van der Waals surface area contributed by atoms with Gasteiger partial charge in [0.2, 0.25) is 0 Å². The molecule has 0 N–H and O–H groups in total. The Morgan fingerprint density at radius 1 is 1.03 bits per heavy atom. The van der Waals surface area contributed by atoms with Crippen LogP contribution >= 0.6 is 23.4 Å². The maximum Gasteiger partial charge on any atom is 0.275 e. The van der Waals surface area contributed by atoms with E-state index in [1.165, 1.54) is 35.0 Å². The van der Waals surface area contributed by atoms with Gasteiger partial charge in [0.15, 0.2) is 0 Å². The van der Waals surface area contributed by atoms with E-state index >= 15 is 0 Å². The van der Waals surface area contributed by atoms with E-state index in [2.05, 4.69) is 5.10 Å². The lowest BCUT2D eigenvalue weighted by molar-refractivity contribution is 0.626. The van der Waals surface area contributed by atoms with E-state index in [9.17, 15) is 13.6 Å². The summed E-state index contributed by atoms with van der Waals surface area (Å²) in [5.74, 6) is -0.952. The van der Waals surface area contributed by atoms with Gasteiger partial charge in [0.05, 0.1) is 16.9 Å². The summed E-state index contributed by atoms with van der Waals surface area (Å²) in [7, 11) is 0. The second kappa shape index (κ2) is 9.04. The highest BCUT2D eigenvalue weighted by atomic mass is 35.5. The van der Waals surface area contributed by atoms with Gasteiger partial charge in [0.25, 0.3) is 5.56 Å². The van der Waals surface area contributed by atoms with Crippen molar-refractivity contribution in [3.8, 4) is 16.8 Å². The Kier molecular flexibility index (Phi) is 6.20. The molecule has 0 aliphatic rings. The molecule has 1 aromatic heterocycles. The van der Waals surface area contributed by atoms with Gasteiger partial charge in [0.1, 0.15) is 11.6 Å². The van der Waals surface area contributed by atoms with E-state index in [-0.39, 0.29) is 22.8 Å². The predicted octanol–water partition coefficient (Wildman–Crippen LogP) is 6.14. The van der Waals surface area contributed by atoms with Gasteiger partial charge in [0, 0.05) is 22.4 Å². The van der Waals surface area contributed by atoms with Crippen LogP contribution in [0.5, 0.6) is 0 Å². The van der Waals surface area contributed by atoms with Crippen molar-refractivity contribution in [3.05, 3.63) is 111 Å².